The molecule has 262 valence electrons. The Hall–Kier alpha value is -2.76. The van der Waals surface area contributed by atoms with Gasteiger partial charge in [0.15, 0.2) is 12.1 Å². The lowest BCUT2D eigenvalue weighted by Gasteiger charge is -2.45. The second kappa shape index (κ2) is 16.6. The predicted molar refractivity (Wildman–Crippen MR) is 165 cm³/mol. The summed E-state index contributed by atoms with van der Waals surface area (Å²) in [6.45, 7) is 3.34. The number of aliphatic hydroxyl groups is 5. The third-order valence-corrected chi connectivity index (χ3v) is 8.58. The van der Waals surface area contributed by atoms with Crippen LogP contribution in [0.2, 0.25) is 0 Å². The van der Waals surface area contributed by atoms with Crippen molar-refractivity contribution in [2.45, 2.75) is 125 Å². The number of carboxylic acid groups (broad SMARTS) is 1. The van der Waals surface area contributed by atoms with Gasteiger partial charge in [0.05, 0.1) is 48.8 Å². The number of nitrogens with two attached hydrogens (primary N) is 1. The van der Waals surface area contributed by atoms with Gasteiger partial charge in [-0.3, -0.25) is 4.79 Å². The Balaban J connectivity index is 1.58. The molecular weight excluding hydrogens is 618 g/mol. The average molecular weight is 666 g/mol. The highest BCUT2D eigenvalue weighted by Gasteiger charge is 2.51. The first kappa shape index (κ1) is 37.1. The molecule has 4 aliphatic rings. The first-order valence-electron chi connectivity index (χ1n) is 15.9. The van der Waals surface area contributed by atoms with Crippen LogP contribution in [-0.2, 0) is 33.3 Å². The summed E-state index contributed by atoms with van der Waals surface area (Å²) in [7, 11) is 0. The second-order valence-corrected chi connectivity index (χ2v) is 12.6. The van der Waals surface area contributed by atoms with Gasteiger partial charge in [0.25, 0.3) is 0 Å². The van der Waals surface area contributed by atoms with Crippen molar-refractivity contribution in [2.75, 3.05) is 0 Å². The number of carbonyl (C=O) groups excluding carboxylic acids is 1. The molecule has 0 aromatic carbocycles. The Morgan fingerprint density at radius 1 is 0.936 bits per heavy atom. The van der Waals surface area contributed by atoms with Crippen LogP contribution in [0.1, 0.15) is 46.0 Å². The minimum atomic E-state index is -2.10. The van der Waals surface area contributed by atoms with Gasteiger partial charge in [0.1, 0.15) is 24.2 Å². The fourth-order valence-corrected chi connectivity index (χ4v) is 6.00. The summed E-state index contributed by atoms with van der Waals surface area (Å²) < 4.78 is 28.5. The predicted octanol–water partition coefficient (Wildman–Crippen LogP) is 0.120. The Labute approximate surface area is 273 Å². The van der Waals surface area contributed by atoms with E-state index in [1.165, 1.54) is 12.2 Å². The molecule has 0 amide bonds. The van der Waals surface area contributed by atoms with E-state index in [0.29, 0.717) is 6.42 Å². The molecule has 8 N–H and O–H groups in total. The topological polar surface area (TPSA) is 231 Å². The summed E-state index contributed by atoms with van der Waals surface area (Å²) >= 11 is 0. The van der Waals surface area contributed by atoms with E-state index < -0.39 is 97.3 Å². The molecule has 4 aliphatic heterocycles. The molecule has 4 rings (SSSR count). The van der Waals surface area contributed by atoms with E-state index in [1.54, 1.807) is 56.4 Å². The number of carboxylic acids is 1. The summed E-state index contributed by atoms with van der Waals surface area (Å²) in [5.74, 6) is -5.45. The summed E-state index contributed by atoms with van der Waals surface area (Å²) in [5.41, 5.74) is 5.98. The Morgan fingerprint density at radius 3 is 2.36 bits per heavy atom. The molecule has 0 aliphatic carbocycles. The Bertz CT molecular complexity index is 1220. The third kappa shape index (κ3) is 10.6. The molecule has 0 unspecified atom stereocenters. The quantitative estimate of drug-likeness (QED) is 0.157. The number of hydrogen-bond acceptors (Lipinski definition) is 13. The zero-order chi connectivity index (χ0) is 34.3. The van der Waals surface area contributed by atoms with Crippen molar-refractivity contribution >= 4 is 11.9 Å². The summed E-state index contributed by atoms with van der Waals surface area (Å²) in [4.78, 5) is 24.4. The Morgan fingerprint density at radius 2 is 1.64 bits per heavy atom. The van der Waals surface area contributed by atoms with E-state index in [0.717, 1.165) is 0 Å². The number of carbonyl (C=O) groups is 2. The summed E-state index contributed by atoms with van der Waals surface area (Å²) in [5, 5.41) is 63.9. The van der Waals surface area contributed by atoms with Crippen molar-refractivity contribution in [2.24, 2.45) is 11.7 Å². The number of cyclic esters (lactones) is 1. The Kier molecular flexibility index (Phi) is 13.1. The highest BCUT2D eigenvalue weighted by molar-refractivity contribution is 5.82. The number of hydrogen-bond donors (Lipinski definition) is 7. The molecule has 3 saturated heterocycles. The van der Waals surface area contributed by atoms with Crippen molar-refractivity contribution in [3.05, 3.63) is 60.8 Å². The summed E-state index contributed by atoms with van der Waals surface area (Å²) in [6, 6.07) is -1.08. The molecule has 0 aromatic heterocycles. The number of fused-ring (bicyclic) bond motifs is 3. The van der Waals surface area contributed by atoms with E-state index in [9.17, 15) is 40.2 Å². The molecule has 14 heteroatoms. The normalized spacial score (nSPS) is 47.2. The van der Waals surface area contributed by atoms with Crippen molar-refractivity contribution in [1.29, 1.82) is 0 Å². The van der Waals surface area contributed by atoms with Crippen molar-refractivity contribution in [3.63, 3.8) is 0 Å². The molecule has 3 fully saturated rings. The van der Waals surface area contributed by atoms with E-state index in [1.807, 2.05) is 6.08 Å². The van der Waals surface area contributed by atoms with Crippen LogP contribution in [0.5, 0.6) is 0 Å². The standard InChI is InChI=1S/C33H47NO13/c1-18-10-8-6-4-3-5-7-9-11-21(45-32-30(39)28(34)29(38)19(2)44-32)15-25-27(31(40)41)22(36)17-33(42,47-25)16-20(35)14-24-23(46-24)12-13-26(37)43-18/h3-9,11-13,18-25,27-30,32,35-36,38-39,42H,10,14-17,34H2,1-2H3,(H,40,41)/b4-3-,7-5+,8-6+,11-9+,13-12+/t18-,19-,20-,21+,22-,23-,24+,25-,27+,28+,29+,30+,32+,33+/m1/s1. The lowest BCUT2D eigenvalue weighted by Crippen LogP contribution is -2.61. The molecule has 47 heavy (non-hydrogen) atoms. The number of ether oxygens (including phenoxy) is 5. The van der Waals surface area contributed by atoms with Gasteiger partial charge in [-0.2, -0.15) is 0 Å². The van der Waals surface area contributed by atoms with Crippen LogP contribution < -0.4 is 5.73 Å². The van der Waals surface area contributed by atoms with E-state index >= 15 is 0 Å². The highest BCUT2D eigenvalue weighted by atomic mass is 16.7. The number of aliphatic hydroxyl groups excluding tert-OH is 4. The van der Waals surface area contributed by atoms with Gasteiger partial charge in [0, 0.05) is 38.2 Å². The highest BCUT2D eigenvalue weighted by Crippen LogP contribution is 2.39. The molecule has 14 atom stereocenters. The van der Waals surface area contributed by atoms with Crippen LogP contribution in [0.25, 0.3) is 0 Å². The maximum Gasteiger partial charge on any atom is 0.330 e. The zero-order valence-corrected chi connectivity index (χ0v) is 26.4. The molecular formula is C33H47NO13. The number of esters is 1. The van der Waals surface area contributed by atoms with Crippen molar-refractivity contribution < 1.29 is 63.9 Å². The van der Waals surface area contributed by atoms with Crippen LogP contribution in [0, 0.1) is 5.92 Å². The molecule has 0 radical (unpaired) electrons. The minimum Gasteiger partial charge on any atom is -0.481 e. The van der Waals surface area contributed by atoms with Gasteiger partial charge >= 0.3 is 11.9 Å². The van der Waals surface area contributed by atoms with Gasteiger partial charge in [-0.25, -0.2) is 4.79 Å². The second-order valence-electron chi connectivity index (χ2n) is 12.6. The molecule has 0 aromatic rings. The number of allylic oxidation sites excluding steroid dienone is 6. The molecule has 4 heterocycles. The third-order valence-electron chi connectivity index (χ3n) is 8.58. The molecule has 14 nitrogen and oxygen atoms in total. The summed E-state index contributed by atoms with van der Waals surface area (Å²) in [6.07, 6.45) is 5.25. The van der Waals surface area contributed by atoms with Crippen LogP contribution >= 0.6 is 0 Å². The van der Waals surface area contributed by atoms with E-state index in [-0.39, 0.29) is 25.4 Å². The fourth-order valence-electron chi connectivity index (χ4n) is 6.00. The number of aliphatic carboxylic acids is 1. The van der Waals surface area contributed by atoms with E-state index in [2.05, 4.69) is 0 Å². The molecule has 0 spiro atoms. The van der Waals surface area contributed by atoms with Gasteiger partial charge in [0.2, 0.25) is 0 Å². The van der Waals surface area contributed by atoms with Gasteiger partial charge in [-0.15, -0.1) is 0 Å². The zero-order valence-electron chi connectivity index (χ0n) is 26.4. The van der Waals surface area contributed by atoms with Crippen LogP contribution in [0.3, 0.4) is 0 Å². The fraction of sp³-hybridized carbons (Fsp3) is 0.636. The van der Waals surface area contributed by atoms with Crippen molar-refractivity contribution in [1.82, 2.24) is 0 Å². The van der Waals surface area contributed by atoms with Crippen LogP contribution in [0.4, 0.5) is 0 Å². The maximum atomic E-state index is 12.3. The van der Waals surface area contributed by atoms with E-state index in [4.69, 9.17) is 29.4 Å². The SMILES string of the molecule is C[C@@H]1C/C=C/C=C\C=C\C=C\[C@H](O[C@@H]2O[C@H](C)[C@H](O)[C@H](N)[C@@H]2O)C[C@H]2O[C@@](O)(C[C@H](O)C[C@@H]3O[C@@H]3/C=C/C(=O)O1)C[C@@H](O)[C@@H]2C(=O)O. The van der Waals surface area contributed by atoms with Gasteiger partial charge < -0.3 is 60.1 Å². The van der Waals surface area contributed by atoms with Gasteiger partial charge in [-0.1, -0.05) is 48.6 Å². The monoisotopic (exact) mass is 665 g/mol. The lowest BCUT2D eigenvalue weighted by molar-refractivity contribution is -0.308. The van der Waals surface area contributed by atoms with Crippen LogP contribution in [0.15, 0.2) is 60.8 Å². The van der Waals surface area contributed by atoms with Crippen molar-refractivity contribution in [3.8, 4) is 0 Å². The maximum absolute atomic E-state index is 12.3. The molecule has 2 bridgehead atoms. The number of rotatable bonds is 3. The lowest BCUT2D eigenvalue weighted by atomic mass is 9.83. The number of epoxide rings is 1. The van der Waals surface area contributed by atoms with Gasteiger partial charge in [-0.05, 0) is 19.9 Å². The first-order chi connectivity index (χ1) is 22.3. The average Bonchev–Trinajstić information content (AvgIpc) is 3.72. The first-order valence-corrected chi connectivity index (χ1v) is 15.9. The van der Waals surface area contributed by atoms with Crippen LogP contribution in [-0.4, -0.2) is 122 Å². The molecule has 0 saturated carbocycles. The smallest absolute Gasteiger partial charge is 0.330 e. The minimum absolute atomic E-state index is 0.0789. The largest absolute Gasteiger partial charge is 0.481 e.